The van der Waals surface area contributed by atoms with Crippen molar-refractivity contribution in [2.24, 2.45) is 10.9 Å². The quantitative estimate of drug-likeness (QED) is 0.213. The number of alkyl halides is 3. The van der Waals surface area contributed by atoms with Crippen LogP contribution in [-0.2, 0) is 24.0 Å². The van der Waals surface area contributed by atoms with Crippen LogP contribution in [-0.4, -0.2) is 84.5 Å². The highest BCUT2D eigenvalue weighted by molar-refractivity contribution is 6.02. The van der Waals surface area contributed by atoms with E-state index in [1.54, 1.807) is 12.1 Å². The number of halogens is 3. The largest absolute Gasteiger partial charge is 0.490 e. The second-order valence-electron chi connectivity index (χ2n) is 8.52. The summed E-state index contributed by atoms with van der Waals surface area (Å²) in [5.74, 6) is -3.25. The number of carbonyl (C=O) groups excluding carboxylic acids is 2. The van der Waals surface area contributed by atoms with Crippen LogP contribution in [0.5, 0.6) is 0 Å². The van der Waals surface area contributed by atoms with Crippen molar-refractivity contribution in [3.05, 3.63) is 35.4 Å². The number of nitrogens with two attached hydrogens (primary N) is 1. The molecule has 0 saturated carbocycles. The minimum Gasteiger partial charge on any atom is -0.475 e. The van der Waals surface area contributed by atoms with E-state index in [0.717, 1.165) is 37.2 Å². The van der Waals surface area contributed by atoms with E-state index in [1.807, 2.05) is 12.1 Å². The normalized spacial score (nSPS) is 18.1. The van der Waals surface area contributed by atoms with Crippen LogP contribution in [0.25, 0.3) is 0 Å². The highest BCUT2D eigenvalue weighted by atomic mass is 19.4. The Labute approximate surface area is 211 Å². The zero-order valence-electron chi connectivity index (χ0n) is 20.2. The number of carboxylic acid groups (broad SMARTS) is 1. The number of aliphatic carboxylic acids is 1. The molecule has 3 rings (SSSR count). The Kier molecular flexibility index (Phi) is 10.8. The molecule has 1 fully saturated rings. The summed E-state index contributed by atoms with van der Waals surface area (Å²) in [5, 5.41) is 21.6. The highest BCUT2D eigenvalue weighted by Crippen LogP contribution is 2.20. The second kappa shape index (κ2) is 13.6. The monoisotopic (exact) mass is 529 g/mol. The van der Waals surface area contributed by atoms with Crippen LogP contribution in [0.1, 0.15) is 43.2 Å². The number of esters is 1. The molecular weight excluding hydrogens is 499 g/mol. The molecule has 0 spiro atoms. The minimum absolute atomic E-state index is 0.0103. The average Bonchev–Trinajstić information content (AvgIpc) is 3.51. The first kappa shape index (κ1) is 29.5. The number of hydrogen-bond acceptors (Lipinski definition) is 8. The van der Waals surface area contributed by atoms with Gasteiger partial charge in [-0.3, -0.25) is 15.0 Å². The van der Waals surface area contributed by atoms with Crippen molar-refractivity contribution in [2.75, 3.05) is 26.7 Å². The number of nitrogens with one attached hydrogen (secondary N) is 2. The lowest BCUT2D eigenvalue weighted by Crippen LogP contribution is -2.45. The first-order chi connectivity index (χ1) is 17.4. The van der Waals surface area contributed by atoms with Crippen molar-refractivity contribution >= 4 is 29.4 Å². The van der Waals surface area contributed by atoms with E-state index < -0.39 is 12.1 Å². The summed E-state index contributed by atoms with van der Waals surface area (Å²) in [6.07, 6.45) is -2.33. The molecule has 1 amide bonds. The maximum atomic E-state index is 12.6. The van der Waals surface area contributed by atoms with Crippen molar-refractivity contribution in [3.8, 4) is 0 Å². The molecule has 0 aliphatic carbocycles. The SMILES string of the molecule is COC(=O)C[C@H](CN1CCCC1)NC(=O)CC1CC(c2ccc(C(=N)N)cc2)=NO1.O=C(O)C(F)(F)F. The van der Waals surface area contributed by atoms with Gasteiger partial charge in [0.05, 0.1) is 31.7 Å². The molecule has 1 unspecified atom stereocenters. The smallest absolute Gasteiger partial charge is 0.475 e. The molecule has 14 heteroatoms. The fourth-order valence-electron chi connectivity index (χ4n) is 3.77. The molecule has 1 aromatic rings. The molecular formula is C23H30F3N5O6. The number of benzene rings is 1. The van der Waals surface area contributed by atoms with Crippen molar-refractivity contribution < 1.29 is 42.2 Å². The Hall–Kier alpha value is -3.68. The van der Waals surface area contributed by atoms with E-state index in [9.17, 15) is 22.8 Å². The Bertz CT molecular complexity index is 994. The van der Waals surface area contributed by atoms with Gasteiger partial charge in [-0.15, -0.1) is 0 Å². The fraction of sp³-hybridized carbons (Fsp3) is 0.522. The van der Waals surface area contributed by atoms with Crippen LogP contribution in [0, 0.1) is 5.41 Å². The van der Waals surface area contributed by atoms with Crippen LogP contribution >= 0.6 is 0 Å². The van der Waals surface area contributed by atoms with E-state index in [1.165, 1.54) is 7.11 Å². The van der Waals surface area contributed by atoms with Crippen molar-refractivity contribution in [3.63, 3.8) is 0 Å². The average molecular weight is 530 g/mol. The fourth-order valence-corrected chi connectivity index (χ4v) is 3.77. The first-order valence-electron chi connectivity index (χ1n) is 11.4. The lowest BCUT2D eigenvalue weighted by molar-refractivity contribution is -0.192. The third-order valence-corrected chi connectivity index (χ3v) is 5.60. The Morgan fingerprint density at radius 2 is 1.86 bits per heavy atom. The molecule has 204 valence electrons. The topological polar surface area (TPSA) is 167 Å². The number of hydrogen-bond donors (Lipinski definition) is 4. The van der Waals surface area contributed by atoms with Crippen LogP contribution in [0.15, 0.2) is 29.4 Å². The summed E-state index contributed by atoms with van der Waals surface area (Å²) in [6, 6.07) is 6.91. The van der Waals surface area contributed by atoms with Gasteiger partial charge in [0.15, 0.2) is 0 Å². The number of ether oxygens (including phenoxy) is 1. The van der Waals surface area contributed by atoms with Crippen LogP contribution in [0.3, 0.4) is 0 Å². The zero-order chi connectivity index (χ0) is 27.6. The van der Waals surface area contributed by atoms with Gasteiger partial charge in [-0.2, -0.15) is 13.2 Å². The van der Waals surface area contributed by atoms with E-state index in [2.05, 4.69) is 15.4 Å². The standard InChI is InChI=1S/C21H29N5O4.C2HF3O2/c1-29-20(28)10-16(13-26-8-2-3-9-26)24-19(27)12-17-11-18(25-30-17)14-4-6-15(7-5-14)21(22)23;3-2(4,5)1(6)7/h4-7,16-17H,2-3,8-13H2,1H3,(H3,22,23)(H,24,27);(H,6,7)/t16-,17?;/m1./s1. The molecule has 1 saturated heterocycles. The number of likely N-dealkylation sites (tertiary alicyclic amines) is 1. The molecule has 2 atom stereocenters. The summed E-state index contributed by atoms with van der Waals surface area (Å²) in [7, 11) is 1.35. The van der Waals surface area contributed by atoms with Gasteiger partial charge in [0.2, 0.25) is 5.91 Å². The van der Waals surface area contributed by atoms with Gasteiger partial charge in [-0.25, -0.2) is 4.79 Å². The van der Waals surface area contributed by atoms with Crippen LogP contribution in [0.2, 0.25) is 0 Å². The Morgan fingerprint density at radius 1 is 1.27 bits per heavy atom. The first-order valence-corrected chi connectivity index (χ1v) is 11.4. The molecule has 1 aromatic carbocycles. The molecule has 11 nitrogen and oxygen atoms in total. The van der Waals surface area contributed by atoms with Gasteiger partial charge in [0.1, 0.15) is 11.9 Å². The number of amides is 1. The van der Waals surface area contributed by atoms with Gasteiger partial charge >= 0.3 is 18.1 Å². The maximum absolute atomic E-state index is 12.6. The van der Waals surface area contributed by atoms with Crippen LogP contribution < -0.4 is 11.1 Å². The number of rotatable bonds is 9. The lowest BCUT2D eigenvalue weighted by Gasteiger charge is -2.24. The predicted molar refractivity (Wildman–Crippen MR) is 126 cm³/mol. The number of oxime groups is 1. The summed E-state index contributed by atoms with van der Waals surface area (Å²) >= 11 is 0. The number of carbonyl (C=O) groups is 3. The van der Waals surface area contributed by atoms with Crippen molar-refractivity contribution in [2.45, 2.75) is 50.4 Å². The summed E-state index contributed by atoms with van der Waals surface area (Å²) in [4.78, 5) is 40.9. The van der Waals surface area contributed by atoms with Crippen LogP contribution in [0.4, 0.5) is 13.2 Å². The number of carboxylic acids is 1. The number of amidine groups is 1. The number of nitrogen functional groups attached to an aromatic ring is 1. The van der Waals surface area contributed by atoms with E-state index in [4.69, 9.17) is 30.6 Å². The molecule has 0 radical (unpaired) electrons. The van der Waals surface area contributed by atoms with E-state index >= 15 is 0 Å². The van der Waals surface area contributed by atoms with Gasteiger partial charge in [0, 0.05) is 18.5 Å². The third-order valence-electron chi connectivity index (χ3n) is 5.60. The minimum atomic E-state index is -5.08. The molecule has 5 N–H and O–H groups in total. The van der Waals surface area contributed by atoms with E-state index in [-0.39, 0.29) is 42.7 Å². The Morgan fingerprint density at radius 3 is 2.38 bits per heavy atom. The summed E-state index contributed by atoms with van der Waals surface area (Å²) in [6.45, 7) is 2.61. The molecule has 2 heterocycles. The van der Waals surface area contributed by atoms with Gasteiger partial charge < -0.3 is 30.6 Å². The molecule has 37 heavy (non-hydrogen) atoms. The van der Waals surface area contributed by atoms with Crippen molar-refractivity contribution in [1.82, 2.24) is 10.2 Å². The predicted octanol–water partition coefficient (Wildman–Crippen LogP) is 1.63. The van der Waals surface area contributed by atoms with Gasteiger partial charge in [0.25, 0.3) is 0 Å². The maximum Gasteiger partial charge on any atom is 0.490 e. The van der Waals surface area contributed by atoms with Gasteiger partial charge in [-0.1, -0.05) is 29.4 Å². The molecule has 2 aliphatic rings. The molecule has 2 aliphatic heterocycles. The number of nitrogens with zero attached hydrogens (tertiary/aromatic N) is 2. The van der Waals surface area contributed by atoms with E-state index in [0.29, 0.717) is 18.5 Å². The summed E-state index contributed by atoms with van der Waals surface area (Å²) < 4.78 is 36.5. The molecule has 0 bridgehead atoms. The molecule has 0 aromatic heterocycles. The number of methoxy groups -OCH3 is 1. The Balaban J connectivity index is 0.000000604. The van der Waals surface area contributed by atoms with Crippen molar-refractivity contribution in [1.29, 1.82) is 5.41 Å². The van der Waals surface area contributed by atoms with Gasteiger partial charge in [-0.05, 0) is 31.5 Å². The summed E-state index contributed by atoms with van der Waals surface area (Å²) in [5.41, 5.74) is 7.75. The third kappa shape index (κ3) is 10.1. The second-order valence-corrected chi connectivity index (χ2v) is 8.52. The lowest BCUT2D eigenvalue weighted by atomic mass is 10.0. The zero-order valence-corrected chi connectivity index (χ0v) is 20.2. The highest BCUT2D eigenvalue weighted by Gasteiger charge is 2.38.